The number of fused-ring (bicyclic) bond motifs is 1. The zero-order chi connectivity index (χ0) is 16.1. The van der Waals surface area contributed by atoms with Crippen LogP contribution in [0, 0.1) is 0 Å². The first-order valence-electron chi connectivity index (χ1n) is 7.39. The molecule has 5 heteroatoms. The Hall–Kier alpha value is -2.95. The zero-order valence-electron chi connectivity index (χ0n) is 12.8. The number of hydrogen-bond donors (Lipinski definition) is 2. The second-order valence-electron chi connectivity index (χ2n) is 5.05. The molecule has 3 rings (SSSR count). The molecular weight excluding hydrogens is 292 g/mol. The molecule has 0 aliphatic heterocycles. The number of ether oxygens (including phenoxy) is 2. The van der Waals surface area contributed by atoms with Crippen molar-refractivity contribution >= 4 is 16.8 Å². The minimum Gasteiger partial charge on any atom is -0.497 e. The van der Waals surface area contributed by atoms with Gasteiger partial charge in [0.2, 0.25) is 0 Å². The van der Waals surface area contributed by atoms with Gasteiger partial charge in [-0.2, -0.15) is 0 Å². The van der Waals surface area contributed by atoms with Crippen LogP contribution >= 0.6 is 0 Å². The number of nitrogens with one attached hydrogen (secondary N) is 2. The van der Waals surface area contributed by atoms with Gasteiger partial charge in [0.15, 0.2) is 0 Å². The lowest BCUT2D eigenvalue weighted by molar-refractivity contribution is 0.0943. The summed E-state index contributed by atoms with van der Waals surface area (Å²) in [5, 5.41) is 3.85. The molecule has 0 aliphatic rings. The van der Waals surface area contributed by atoms with Crippen molar-refractivity contribution in [1.82, 2.24) is 10.3 Å². The predicted octanol–water partition coefficient (Wildman–Crippen LogP) is 2.99. The fourth-order valence-electron chi connectivity index (χ4n) is 2.32. The minimum absolute atomic E-state index is 0.143. The van der Waals surface area contributed by atoms with Crippen molar-refractivity contribution < 1.29 is 14.3 Å². The first kappa shape index (κ1) is 15.0. The highest BCUT2D eigenvalue weighted by atomic mass is 16.5. The third kappa shape index (κ3) is 3.63. The Morgan fingerprint density at radius 1 is 1.09 bits per heavy atom. The van der Waals surface area contributed by atoms with Gasteiger partial charge in [0.25, 0.3) is 5.91 Å². The second-order valence-corrected chi connectivity index (χ2v) is 5.05. The molecule has 1 amide bonds. The SMILES string of the molecule is COc1cccc(OCCNC(=O)c2cc3ccccc3[nH]2)c1. The van der Waals surface area contributed by atoms with Crippen molar-refractivity contribution in [2.45, 2.75) is 0 Å². The smallest absolute Gasteiger partial charge is 0.267 e. The number of carbonyl (C=O) groups excluding carboxylic acids is 1. The van der Waals surface area contributed by atoms with E-state index in [0.29, 0.717) is 24.6 Å². The number of aromatic nitrogens is 1. The molecular formula is C18H18N2O3. The van der Waals surface area contributed by atoms with Gasteiger partial charge in [-0.15, -0.1) is 0 Å². The zero-order valence-corrected chi connectivity index (χ0v) is 12.8. The Kier molecular flexibility index (Phi) is 4.47. The van der Waals surface area contributed by atoms with Crippen LogP contribution in [-0.4, -0.2) is 31.2 Å². The second kappa shape index (κ2) is 6.87. The van der Waals surface area contributed by atoms with Gasteiger partial charge in [0.1, 0.15) is 23.8 Å². The van der Waals surface area contributed by atoms with Crippen molar-refractivity contribution in [2.24, 2.45) is 0 Å². The molecule has 0 radical (unpaired) electrons. The maximum absolute atomic E-state index is 12.1. The van der Waals surface area contributed by atoms with Crippen molar-refractivity contribution in [2.75, 3.05) is 20.3 Å². The highest BCUT2D eigenvalue weighted by molar-refractivity contribution is 5.97. The van der Waals surface area contributed by atoms with E-state index in [9.17, 15) is 4.79 Å². The van der Waals surface area contributed by atoms with Crippen molar-refractivity contribution in [1.29, 1.82) is 0 Å². The van der Waals surface area contributed by atoms with Crippen LogP contribution in [0.5, 0.6) is 11.5 Å². The highest BCUT2D eigenvalue weighted by Crippen LogP contribution is 2.18. The van der Waals surface area contributed by atoms with Gasteiger partial charge in [0, 0.05) is 17.0 Å². The first-order valence-corrected chi connectivity index (χ1v) is 7.39. The molecule has 1 heterocycles. The molecule has 2 N–H and O–H groups in total. The Morgan fingerprint density at radius 2 is 1.91 bits per heavy atom. The summed E-state index contributed by atoms with van der Waals surface area (Å²) in [6, 6.07) is 17.0. The summed E-state index contributed by atoms with van der Waals surface area (Å²) in [6.45, 7) is 0.810. The first-order chi connectivity index (χ1) is 11.3. The lowest BCUT2D eigenvalue weighted by Crippen LogP contribution is -2.28. The lowest BCUT2D eigenvalue weighted by Gasteiger charge is -2.08. The van der Waals surface area contributed by atoms with Gasteiger partial charge in [-0.3, -0.25) is 4.79 Å². The average Bonchev–Trinajstić information content (AvgIpc) is 3.03. The molecule has 2 aromatic carbocycles. The molecule has 3 aromatic rings. The molecule has 0 aliphatic carbocycles. The van der Waals surface area contributed by atoms with E-state index in [1.807, 2.05) is 48.5 Å². The summed E-state index contributed by atoms with van der Waals surface area (Å²) in [6.07, 6.45) is 0. The molecule has 0 bridgehead atoms. The highest BCUT2D eigenvalue weighted by Gasteiger charge is 2.08. The number of aromatic amines is 1. The maximum atomic E-state index is 12.1. The van der Waals surface area contributed by atoms with E-state index < -0.39 is 0 Å². The van der Waals surface area contributed by atoms with Crippen molar-refractivity contribution in [3.8, 4) is 11.5 Å². The Bertz CT molecular complexity index is 778. The number of methoxy groups -OCH3 is 1. The van der Waals surface area contributed by atoms with Crippen LogP contribution in [-0.2, 0) is 0 Å². The van der Waals surface area contributed by atoms with Crippen LogP contribution in [0.25, 0.3) is 10.9 Å². The van der Waals surface area contributed by atoms with E-state index in [4.69, 9.17) is 9.47 Å². The van der Waals surface area contributed by atoms with E-state index in [2.05, 4.69) is 10.3 Å². The van der Waals surface area contributed by atoms with Gasteiger partial charge in [-0.1, -0.05) is 24.3 Å². The molecule has 0 saturated heterocycles. The fraction of sp³-hybridized carbons (Fsp3) is 0.167. The molecule has 0 unspecified atom stereocenters. The average molecular weight is 310 g/mol. The Balaban J connectivity index is 1.51. The summed E-state index contributed by atoms with van der Waals surface area (Å²) < 4.78 is 10.7. The van der Waals surface area contributed by atoms with Crippen LogP contribution < -0.4 is 14.8 Å². The maximum Gasteiger partial charge on any atom is 0.267 e. The standard InChI is InChI=1S/C18H18N2O3/c1-22-14-6-4-7-15(12-14)23-10-9-19-18(21)17-11-13-5-2-3-8-16(13)20-17/h2-8,11-12,20H,9-10H2,1H3,(H,19,21). The molecule has 23 heavy (non-hydrogen) atoms. The third-order valence-electron chi connectivity index (χ3n) is 3.47. The third-order valence-corrected chi connectivity index (χ3v) is 3.47. The quantitative estimate of drug-likeness (QED) is 0.688. The van der Waals surface area contributed by atoms with E-state index in [0.717, 1.165) is 16.7 Å². The number of amides is 1. The molecule has 0 saturated carbocycles. The van der Waals surface area contributed by atoms with Crippen LogP contribution in [0.1, 0.15) is 10.5 Å². The molecule has 0 spiro atoms. The van der Waals surface area contributed by atoms with Gasteiger partial charge in [-0.25, -0.2) is 0 Å². The van der Waals surface area contributed by atoms with Gasteiger partial charge in [-0.05, 0) is 24.3 Å². The van der Waals surface area contributed by atoms with Gasteiger partial charge >= 0.3 is 0 Å². The summed E-state index contributed by atoms with van der Waals surface area (Å²) in [5.41, 5.74) is 1.50. The van der Waals surface area contributed by atoms with Gasteiger partial charge < -0.3 is 19.8 Å². The topological polar surface area (TPSA) is 63.4 Å². The summed E-state index contributed by atoms with van der Waals surface area (Å²) >= 11 is 0. The molecule has 0 atom stereocenters. The number of H-pyrrole nitrogens is 1. The summed E-state index contributed by atoms with van der Waals surface area (Å²) in [4.78, 5) is 15.2. The lowest BCUT2D eigenvalue weighted by atomic mass is 10.2. The number of para-hydroxylation sites is 1. The Labute approximate surface area is 134 Å². The fourth-order valence-corrected chi connectivity index (χ4v) is 2.32. The number of benzene rings is 2. The van der Waals surface area contributed by atoms with Crippen LogP contribution in [0.2, 0.25) is 0 Å². The number of carbonyl (C=O) groups is 1. The van der Waals surface area contributed by atoms with Crippen LogP contribution in [0.15, 0.2) is 54.6 Å². The molecule has 5 nitrogen and oxygen atoms in total. The van der Waals surface area contributed by atoms with Crippen LogP contribution in [0.4, 0.5) is 0 Å². The van der Waals surface area contributed by atoms with Gasteiger partial charge in [0.05, 0.1) is 13.7 Å². The largest absolute Gasteiger partial charge is 0.497 e. The van der Waals surface area contributed by atoms with Crippen molar-refractivity contribution in [3.05, 3.63) is 60.3 Å². The normalized spacial score (nSPS) is 10.5. The number of hydrogen-bond acceptors (Lipinski definition) is 3. The molecule has 1 aromatic heterocycles. The molecule has 118 valence electrons. The Morgan fingerprint density at radius 3 is 2.74 bits per heavy atom. The van der Waals surface area contributed by atoms with Crippen molar-refractivity contribution in [3.63, 3.8) is 0 Å². The monoisotopic (exact) mass is 310 g/mol. The van der Waals surface area contributed by atoms with E-state index in [1.54, 1.807) is 13.2 Å². The van der Waals surface area contributed by atoms with E-state index in [1.165, 1.54) is 0 Å². The van der Waals surface area contributed by atoms with E-state index in [-0.39, 0.29) is 5.91 Å². The molecule has 0 fully saturated rings. The van der Waals surface area contributed by atoms with Crippen LogP contribution in [0.3, 0.4) is 0 Å². The minimum atomic E-state index is -0.143. The summed E-state index contributed by atoms with van der Waals surface area (Å²) in [7, 11) is 1.61. The summed E-state index contributed by atoms with van der Waals surface area (Å²) in [5.74, 6) is 1.31. The number of rotatable bonds is 6. The van der Waals surface area contributed by atoms with E-state index >= 15 is 0 Å². The predicted molar refractivity (Wildman–Crippen MR) is 89.1 cm³/mol.